The standard InChI is InChI=1S/C13H20N2O3/c1-5-14-13(16)15-9(2)11-8-10(17-3)6-7-12(11)18-4/h6-9H,5H2,1-4H3,(H2,14,15,16)/t9-/m1/s1. The highest BCUT2D eigenvalue weighted by molar-refractivity contribution is 5.74. The maximum atomic E-state index is 11.5. The van der Waals surface area contributed by atoms with Crippen molar-refractivity contribution >= 4 is 6.03 Å². The molecule has 1 aromatic carbocycles. The summed E-state index contributed by atoms with van der Waals surface area (Å²) in [4.78, 5) is 11.5. The highest BCUT2D eigenvalue weighted by Gasteiger charge is 2.14. The molecule has 0 unspecified atom stereocenters. The third-order valence-electron chi connectivity index (χ3n) is 2.59. The van der Waals surface area contributed by atoms with E-state index in [1.807, 2.05) is 32.0 Å². The van der Waals surface area contributed by atoms with Gasteiger partial charge in [-0.05, 0) is 32.0 Å². The molecule has 0 aliphatic rings. The van der Waals surface area contributed by atoms with Gasteiger partial charge in [-0.15, -0.1) is 0 Å². The number of rotatable bonds is 5. The highest BCUT2D eigenvalue weighted by Crippen LogP contribution is 2.29. The average molecular weight is 252 g/mol. The zero-order valence-corrected chi connectivity index (χ0v) is 11.2. The zero-order chi connectivity index (χ0) is 13.5. The number of carbonyl (C=O) groups is 1. The van der Waals surface area contributed by atoms with Gasteiger partial charge in [0, 0.05) is 12.1 Å². The van der Waals surface area contributed by atoms with Crippen molar-refractivity contribution in [3.63, 3.8) is 0 Å². The molecule has 0 fully saturated rings. The minimum absolute atomic E-state index is 0.165. The lowest BCUT2D eigenvalue weighted by Crippen LogP contribution is -2.36. The third-order valence-corrected chi connectivity index (χ3v) is 2.59. The fourth-order valence-electron chi connectivity index (χ4n) is 1.66. The molecule has 0 bridgehead atoms. The first-order valence-corrected chi connectivity index (χ1v) is 5.88. The monoisotopic (exact) mass is 252 g/mol. The van der Waals surface area contributed by atoms with Gasteiger partial charge in [0.25, 0.3) is 0 Å². The predicted molar refractivity (Wildman–Crippen MR) is 70.2 cm³/mol. The average Bonchev–Trinajstić information content (AvgIpc) is 2.38. The molecule has 0 aliphatic heterocycles. The predicted octanol–water partition coefficient (Wildman–Crippen LogP) is 2.08. The van der Waals surface area contributed by atoms with E-state index in [9.17, 15) is 4.79 Å². The van der Waals surface area contributed by atoms with Crippen molar-refractivity contribution in [2.45, 2.75) is 19.9 Å². The molecule has 0 saturated carbocycles. The Balaban J connectivity index is 2.88. The Kier molecular flexibility index (Phi) is 5.30. The number of nitrogens with one attached hydrogen (secondary N) is 2. The van der Waals surface area contributed by atoms with Crippen molar-refractivity contribution in [2.75, 3.05) is 20.8 Å². The molecule has 0 radical (unpaired) electrons. The fraction of sp³-hybridized carbons (Fsp3) is 0.462. The van der Waals surface area contributed by atoms with Crippen LogP contribution in [0.3, 0.4) is 0 Å². The normalized spacial score (nSPS) is 11.6. The molecule has 18 heavy (non-hydrogen) atoms. The van der Waals surface area contributed by atoms with Gasteiger partial charge >= 0.3 is 6.03 Å². The van der Waals surface area contributed by atoms with E-state index < -0.39 is 0 Å². The van der Waals surface area contributed by atoms with Crippen LogP contribution in [0.1, 0.15) is 25.5 Å². The maximum absolute atomic E-state index is 11.5. The van der Waals surface area contributed by atoms with Crippen LogP contribution < -0.4 is 20.1 Å². The molecule has 5 nitrogen and oxygen atoms in total. The largest absolute Gasteiger partial charge is 0.497 e. The Hall–Kier alpha value is -1.91. The second-order valence-corrected chi connectivity index (χ2v) is 3.83. The Morgan fingerprint density at radius 2 is 2.06 bits per heavy atom. The molecular formula is C13H20N2O3. The Labute approximate surface area is 107 Å². The summed E-state index contributed by atoms with van der Waals surface area (Å²) < 4.78 is 10.5. The molecule has 1 rings (SSSR count). The van der Waals surface area contributed by atoms with E-state index in [0.717, 1.165) is 17.1 Å². The third kappa shape index (κ3) is 3.55. The highest BCUT2D eigenvalue weighted by atomic mass is 16.5. The minimum atomic E-state index is -0.199. The van der Waals surface area contributed by atoms with E-state index in [4.69, 9.17) is 9.47 Å². The molecule has 100 valence electrons. The van der Waals surface area contributed by atoms with Crippen molar-refractivity contribution in [3.8, 4) is 11.5 Å². The Bertz CT molecular complexity index is 407. The van der Waals surface area contributed by atoms with Crippen LogP contribution in [0, 0.1) is 0 Å². The van der Waals surface area contributed by atoms with Crippen LogP contribution in [0.25, 0.3) is 0 Å². The van der Waals surface area contributed by atoms with Gasteiger partial charge < -0.3 is 20.1 Å². The van der Waals surface area contributed by atoms with Crippen molar-refractivity contribution in [1.29, 1.82) is 0 Å². The molecule has 1 aromatic rings. The summed E-state index contributed by atoms with van der Waals surface area (Å²) in [5.74, 6) is 1.45. The number of benzene rings is 1. The summed E-state index contributed by atoms with van der Waals surface area (Å²) >= 11 is 0. The minimum Gasteiger partial charge on any atom is -0.497 e. The first kappa shape index (κ1) is 14.2. The smallest absolute Gasteiger partial charge is 0.315 e. The number of amides is 2. The van der Waals surface area contributed by atoms with Crippen LogP contribution in [0.15, 0.2) is 18.2 Å². The van der Waals surface area contributed by atoms with Crippen LogP contribution >= 0.6 is 0 Å². The second-order valence-electron chi connectivity index (χ2n) is 3.83. The van der Waals surface area contributed by atoms with Crippen molar-refractivity contribution < 1.29 is 14.3 Å². The van der Waals surface area contributed by atoms with Gasteiger partial charge in [-0.1, -0.05) is 0 Å². The van der Waals surface area contributed by atoms with Gasteiger partial charge in [-0.3, -0.25) is 0 Å². The van der Waals surface area contributed by atoms with Gasteiger partial charge in [0.05, 0.1) is 20.3 Å². The van der Waals surface area contributed by atoms with Crippen LogP contribution in [0.5, 0.6) is 11.5 Å². The lowest BCUT2D eigenvalue weighted by atomic mass is 10.1. The Morgan fingerprint density at radius 3 is 2.61 bits per heavy atom. The van der Waals surface area contributed by atoms with Crippen molar-refractivity contribution in [2.24, 2.45) is 0 Å². The van der Waals surface area contributed by atoms with Gasteiger partial charge in [-0.2, -0.15) is 0 Å². The van der Waals surface area contributed by atoms with Crippen molar-refractivity contribution in [3.05, 3.63) is 23.8 Å². The summed E-state index contributed by atoms with van der Waals surface area (Å²) in [6.45, 7) is 4.36. The van der Waals surface area contributed by atoms with Gasteiger partial charge in [-0.25, -0.2) is 4.79 Å². The van der Waals surface area contributed by atoms with Crippen LogP contribution in [-0.2, 0) is 0 Å². The van der Waals surface area contributed by atoms with E-state index in [-0.39, 0.29) is 12.1 Å². The second kappa shape index (κ2) is 6.74. The molecular weight excluding hydrogens is 232 g/mol. The summed E-state index contributed by atoms with van der Waals surface area (Å²) in [6.07, 6.45) is 0. The quantitative estimate of drug-likeness (QED) is 0.843. The molecule has 1 atom stereocenters. The van der Waals surface area contributed by atoms with E-state index >= 15 is 0 Å². The molecule has 0 heterocycles. The zero-order valence-electron chi connectivity index (χ0n) is 11.2. The van der Waals surface area contributed by atoms with Crippen LogP contribution in [0.4, 0.5) is 4.79 Å². The molecule has 0 aromatic heterocycles. The maximum Gasteiger partial charge on any atom is 0.315 e. The van der Waals surface area contributed by atoms with E-state index in [0.29, 0.717) is 6.54 Å². The number of urea groups is 1. The molecule has 2 amide bonds. The molecule has 0 spiro atoms. The molecule has 2 N–H and O–H groups in total. The Morgan fingerprint density at radius 1 is 1.33 bits per heavy atom. The van der Waals surface area contributed by atoms with E-state index in [1.165, 1.54) is 0 Å². The number of ether oxygens (including phenoxy) is 2. The molecule has 0 saturated heterocycles. The van der Waals surface area contributed by atoms with Crippen LogP contribution in [-0.4, -0.2) is 26.8 Å². The van der Waals surface area contributed by atoms with Gasteiger partial charge in [0.15, 0.2) is 0 Å². The van der Waals surface area contributed by atoms with Crippen LogP contribution in [0.2, 0.25) is 0 Å². The first-order chi connectivity index (χ1) is 8.62. The lowest BCUT2D eigenvalue weighted by molar-refractivity contribution is 0.238. The van der Waals surface area contributed by atoms with E-state index in [2.05, 4.69) is 10.6 Å². The van der Waals surface area contributed by atoms with Crippen molar-refractivity contribution in [1.82, 2.24) is 10.6 Å². The summed E-state index contributed by atoms with van der Waals surface area (Å²) in [6, 6.07) is 5.14. The van der Waals surface area contributed by atoms with Gasteiger partial charge in [0.1, 0.15) is 11.5 Å². The lowest BCUT2D eigenvalue weighted by Gasteiger charge is -2.18. The molecule has 5 heteroatoms. The summed E-state index contributed by atoms with van der Waals surface area (Å²) in [5.41, 5.74) is 0.878. The fourth-order valence-corrected chi connectivity index (χ4v) is 1.66. The summed E-state index contributed by atoms with van der Waals surface area (Å²) in [5, 5.41) is 5.53. The number of carbonyl (C=O) groups excluding carboxylic acids is 1. The van der Waals surface area contributed by atoms with E-state index in [1.54, 1.807) is 14.2 Å². The van der Waals surface area contributed by atoms with Gasteiger partial charge in [0.2, 0.25) is 0 Å². The number of methoxy groups -OCH3 is 2. The summed E-state index contributed by atoms with van der Waals surface area (Å²) in [7, 11) is 3.21. The first-order valence-electron chi connectivity index (χ1n) is 5.88. The molecule has 0 aliphatic carbocycles. The SMILES string of the molecule is CCNC(=O)N[C@H](C)c1cc(OC)ccc1OC. The number of hydrogen-bond acceptors (Lipinski definition) is 3. The number of hydrogen-bond donors (Lipinski definition) is 2. The topological polar surface area (TPSA) is 59.6 Å².